The first-order valence-electron chi connectivity index (χ1n) is 13.3. The number of carbonyl (C=O) groups is 3. The standard InChI is InChI=1S/C32H29N3O6/c36-29(34-28-11-5-4-10-27(28)32(38)39)19-22-12-17-30(33-20-22)41-26-15-13-25(14-16-26)40-21-24-9-6-18-35(24)31(37)23-7-2-1-3-8-23/h1-5,7-8,10-17,20,24H,6,9,18-19,21H2,(H,34,36)(H,38,39)/t24-/m1/s1. The van der Waals surface area contributed by atoms with Gasteiger partial charge >= 0.3 is 5.97 Å². The Balaban J connectivity index is 1.11. The summed E-state index contributed by atoms with van der Waals surface area (Å²) in [4.78, 5) is 42.8. The van der Waals surface area contributed by atoms with Crippen LogP contribution in [0.2, 0.25) is 0 Å². The van der Waals surface area contributed by atoms with Crippen molar-refractivity contribution in [3.05, 3.63) is 114 Å². The Bertz CT molecular complexity index is 1510. The number of anilines is 1. The first-order valence-corrected chi connectivity index (χ1v) is 13.3. The zero-order valence-electron chi connectivity index (χ0n) is 22.2. The Kier molecular flexibility index (Phi) is 8.54. The lowest BCUT2D eigenvalue weighted by Crippen LogP contribution is -2.39. The second-order valence-electron chi connectivity index (χ2n) is 9.63. The average molecular weight is 552 g/mol. The van der Waals surface area contributed by atoms with Crippen molar-refractivity contribution in [2.45, 2.75) is 25.3 Å². The van der Waals surface area contributed by atoms with Gasteiger partial charge in [-0.15, -0.1) is 0 Å². The van der Waals surface area contributed by atoms with Gasteiger partial charge in [0.05, 0.1) is 23.7 Å². The summed E-state index contributed by atoms with van der Waals surface area (Å²) in [7, 11) is 0. The number of carboxylic acids is 1. The molecule has 3 aromatic carbocycles. The number of hydrogen-bond donors (Lipinski definition) is 2. The maximum absolute atomic E-state index is 12.9. The lowest BCUT2D eigenvalue weighted by Gasteiger charge is -2.25. The van der Waals surface area contributed by atoms with Gasteiger partial charge in [0.25, 0.3) is 5.91 Å². The predicted molar refractivity (Wildman–Crippen MR) is 152 cm³/mol. The highest BCUT2D eigenvalue weighted by molar-refractivity contribution is 6.01. The second-order valence-corrected chi connectivity index (χ2v) is 9.63. The summed E-state index contributed by atoms with van der Waals surface area (Å²) in [5, 5.41) is 11.9. The number of nitrogens with zero attached hydrogens (tertiary/aromatic N) is 2. The molecule has 1 aliphatic rings. The highest BCUT2D eigenvalue weighted by Crippen LogP contribution is 2.25. The van der Waals surface area contributed by atoms with Gasteiger partial charge in [-0.25, -0.2) is 9.78 Å². The molecule has 1 aromatic heterocycles. The number of amides is 2. The van der Waals surface area contributed by atoms with E-state index in [1.165, 1.54) is 6.07 Å². The van der Waals surface area contributed by atoms with Crippen molar-refractivity contribution in [3.8, 4) is 17.4 Å². The van der Waals surface area contributed by atoms with E-state index in [0.29, 0.717) is 35.1 Å². The highest BCUT2D eigenvalue weighted by Gasteiger charge is 2.29. The van der Waals surface area contributed by atoms with Gasteiger partial charge in [0.15, 0.2) is 0 Å². The first-order chi connectivity index (χ1) is 20.0. The number of para-hydroxylation sites is 1. The minimum Gasteiger partial charge on any atom is -0.491 e. The number of rotatable bonds is 10. The van der Waals surface area contributed by atoms with Crippen LogP contribution in [0.25, 0.3) is 0 Å². The third-order valence-corrected chi connectivity index (χ3v) is 6.74. The third kappa shape index (κ3) is 7.07. The molecule has 1 atom stereocenters. The topological polar surface area (TPSA) is 118 Å². The fraction of sp³-hybridized carbons (Fsp3) is 0.188. The van der Waals surface area contributed by atoms with Crippen LogP contribution in [0.1, 0.15) is 39.1 Å². The summed E-state index contributed by atoms with van der Waals surface area (Å²) in [5.74, 6) is 0.176. The molecule has 9 heteroatoms. The first kappa shape index (κ1) is 27.4. The Labute approximate surface area is 237 Å². The number of hydrogen-bond acceptors (Lipinski definition) is 6. The van der Waals surface area contributed by atoms with Crippen molar-refractivity contribution in [1.29, 1.82) is 0 Å². The van der Waals surface area contributed by atoms with E-state index in [4.69, 9.17) is 9.47 Å². The Morgan fingerprint density at radius 1 is 0.902 bits per heavy atom. The van der Waals surface area contributed by atoms with Crippen molar-refractivity contribution < 1.29 is 29.0 Å². The number of pyridine rings is 1. The van der Waals surface area contributed by atoms with Crippen molar-refractivity contribution in [3.63, 3.8) is 0 Å². The van der Waals surface area contributed by atoms with Crippen LogP contribution in [0, 0.1) is 0 Å². The van der Waals surface area contributed by atoms with Gasteiger partial charge in [-0.05, 0) is 66.9 Å². The molecule has 2 amide bonds. The minimum absolute atomic E-state index is 0.0235. The molecule has 1 aliphatic heterocycles. The molecule has 41 heavy (non-hydrogen) atoms. The van der Waals surface area contributed by atoms with E-state index in [9.17, 15) is 19.5 Å². The summed E-state index contributed by atoms with van der Waals surface area (Å²) < 4.78 is 11.8. The molecule has 2 heterocycles. The van der Waals surface area contributed by atoms with Crippen molar-refractivity contribution in [1.82, 2.24) is 9.88 Å². The number of likely N-dealkylation sites (tertiary alicyclic amines) is 1. The molecule has 5 rings (SSSR count). The van der Waals surface area contributed by atoms with Crippen LogP contribution in [-0.2, 0) is 11.2 Å². The molecule has 0 saturated carbocycles. The maximum atomic E-state index is 12.9. The van der Waals surface area contributed by atoms with E-state index >= 15 is 0 Å². The summed E-state index contributed by atoms with van der Waals surface area (Å²) in [6.07, 6.45) is 3.43. The molecular formula is C32H29N3O6. The lowest BCUT2D eigenvalue weighted by atomic mass is 10.1. The highest BCUT2D eigenvalue weighted by atomic mass is 16.5. The molecule has 2 N–H and O–H groups in total. The van der Waals surface area contributed by atoms with Crippen LogP contribution in [-0.4, -0.2) is 52.0 Å². The number of carbonyl (C=O) groups excluding carboxylic acids is 2. The van der Waals surface area contributed by atoms with Crippen LogP contribution >= 0.6 is 0 Å². The summed E-state index contributed by atoms with van der Waals surface area (Å²) >= 11 is 0. The Hall–Kier alpha value is -5.18. The van der Waals surface area contributed by atoms with Crippen LogP contribution in [0.5, 0.6) is 17.4 Å². The second kappa shape index (κ2) is 12.8. The Morgan fingerprint density at radius 2 is 1.63 bits per heavy atom. The number of benzene rings is 3. The molecule has 1 fully saturated rings. The van der Waals surface area contributed by atoms with Crippen molar-refractivity contribution in [2.24, 2.45) is 0 Å². The number of nitrogens with one attached hydrogen (secondary N) is 1. The van der Waals surface area contributed by atoms with Crippen LogP contribution in [0.4, 0.5) is 5.69 Å². The van der Waals surface area contributed by atoms with Gasteiger partial charge in [-0.3, -0.25) is 9.59 Å². The molecule has 9 nitrogen and oxygen atoms in total. The van der Waals surface area contributed by atoms with Gasteiger partial charge in [0.2, 0.25) is 11.8 Å². The van der Waals surface area contributed by atoms with Crippen LogP contribution in [0.15, 0.2) is 97.2 Å². The maximum Gasteiger partial charge on any atom is 0.337 e. The Morgan fingerprint density at radius 3 is 2.37 bits per heavy atom. The largest absolute Gasteiger partial charge is 0.491 e. The predicted octanol–water partition coefficient (Wildman–Crippen LogP) is 5.44. The molecule has 0 unspecified atom stereocenters. The zero-order chi connectivity index (χ0) is 28.6. The third-order valence-electron chi connectivity index (χ3n) is 6.74. The van der Waals surface area contributed by atoms with E-state index in [-0.39, 0.29) is 35.5 Å². The van der Waals surface area contributed by atoms with Crippen molar-refractivity contribution >= 4 is 23.5 Å². The van der Waals surface area contributed by atoms with Gasteiger partial charge < -0.3 is 24.8 Å². The SMILES string of the molecule is O=C(Cc1ccc(Oc2ccc(OC[C@H]3CCCN3C(=O)c3ccccc3)cc2)nc1)Nc1ccccc1C(=O)O. The van der Waals surface area contributed by atoms with Gasteiger partial charge in [-0.1, -0.05) is 36.4 Å². The van der Waals surface area contributed by atoms with Gasteiger partial charge in [0, 0.05) is 24.4 Å². The van der Waals surface area contributed by atoms with E-state index in [1.54, 1.807) is 60.8 Å². The average Bonchev–Trinajstić information content (AvgIpc) is 3.47. The van der Waals surface area contributed by atoms with Gasteiger partial charge in [0.1, 0.15) is 18.1 Å². The monoisotopic (exact) mass is 551 g/mol. The molecule has 208 valence electrons. The summed E-state index contributed by atoms with van der Waals surface area (Å²) in [6.45, 7) is 1.14. The van der Waals surface area contributed by atoms with E-state index in [0.717, 1.165) is 19.4 Å². The van der Waals surface area contributed by atoms with Crippen LogP contribution < -0.4 is 14.8 Å². The normalized spacial score (nSPS) is 14.3. The molecule has 4 aromatic rings. The molecule has 0 radical (unpaired) electrons. The molecule has 0 bridgehead atoms. The molecule has 0 aliphatic carbocycles. The number of carboxylic acid groups (broad SMARTS) is 1. The van der Waals surface area contributed by atoms with Crippen LogP contribution in [0.3, 0.4) is 0 Å². The van der Waals surface area contributed by atoms with E-state index < -0.39 is 5.97 Å². The minimum atomic E-state index is -1.11. The van der Waals surface area contributed by atoms with Crippen molar-refractivity contribution in [2.75, 3.05) is 18.5 Å². The lowest BCUT2D eigenvalue weighted by molar-refractivity contribution is -0.115. The molecule has 1 saturated heterocycles. The zero-order valence-corrected chi connectivity index (χ0v) is 22.2. The fourth-order valence-corrected chi connectivity index (χ4v) is 4.67. The summed E-state index contributed by atoms with van der Waals surface area (Å²) in [6, 6.07) is 26.1. The fourth-order valence-electron chi connectivity index (χ4n) is 4.67. The summed E-state index contributed by atoms with van der Waals surface area (Å²) in [5.41, 5.74) is 1.61. The quantitative estimate of drug-likeness (QED) is 0.270. The molecular weight excluding hydrogens is 522 g/mol. The van der Waals surface area contributed by atoms with E-state index in [1.807, 2.05) is 35.2 Å². The molecule has 0 spiro atoms. The number of ether oxygens (including phenoxy) is 2. The smallest absolute Gasteiger partial charge is 0.337 e. The number of aromatic carboxylic acids is 1. The van der Waals surface area contributed by atoms with Gasteiger partial charge in [-0.2, -0.15) is 0 Å². The van der Waals surface area contributed by atoms with E-state index in [2.05, 4.69) is 10.3 Å². The number of aromatic nitrogens is 1.